The third kappa shape index (κ3) is 9.36. The normalized spacial score (nSPS) is 13.4. The van der Waals surface area contributed by atoms with Crippen molar-refractivity contribution >= 4 is 0 Å². The quantitative estimate of drug-likeness (QED) is 0.130. The molecule has 0 aromatic heterocycles. The van der Waals surface area contributed by atoms with Gasteiger partial charge in [-0.15, -0.1) is 0 Å². The highest BCUT2D eigenvalue weighted by Crippen LogP contribution is 2.56. The topological polar surface area (TPSA) is 9.23 Å². The number of ether oxygens (including phenoxy) is 1. The van der Waals surface area contributed by atoms with E-state index in [2.05, 4.69) is 65.8 Å². The van der Waals surface area contributed by atoms with Crippen LogP contribution in [0.5, 0.6) is 5.75 Å². The van der Waals surface area contributed by atoms with Crippen LogP contribution in [0.4, 0.5) is 0 Å². The van der Waals surface area contributed by atoms with Crippen LogP contribution in [0.3, 0.4) is 0 Å². The predicted octanol–water partition coefficient (Wildman–Crippen LogP) is 13.1. The van der Waals surface area contributed by atoms with Gasteiger partial charge in [0.05, 0.1) is 6.61 Å². The van der Waals surface area contributed by atoms with Crippen molar-refractivity contribution in [2.24, 2.45) is 0 Å². The van der Waals surface area contributed by atoms with E-state index >= 15 is 0 Å². The highest BCUT2D eigenvalue weighted by atomic mass is 16.5. The van der Waals surface area contributed by atoms with Gasteiger partial charge < -0.3 is 4.74 Å². The molecule has 0 saturated heterocycles. The molecule has 0 aliphatic heterocycles. The van der Waals surface area contributed by atoms with E-state index in [9.17, 15) is 0 Å². The molecular weight excluding hydrogens is 496 g/mol. The summed E-state index contributed by atoms with van der Waals surface area (Å²) >= 11 is 0. The molecule has 0 heterocycles. The summed E-state index contributed by atoms with van der Waals surface area (Å²) in [6.07, 6.45) is 26.8. The third-order valence-electron chi connectivity index (χ3n) is 9.94. The molecule has 3 rings (SSSR count). The molecule has 41 heavy (non-hydrogen) atoms. The SMILES string of the molecule is CCCCCCCCOc1cc2c(cc1C)C(CCCCCCCC)(CCCCCCCC)c1cc(C)c(C)cc1-2. The van der Waals surface area contributed by atoms with Crippen molar-refractivity contribution in [2.45, 2.75) is 175 Å². The van der Waals surface area contributed by atoms with Gasteiger partial charge >= 0.3 is 0 Å². The predicted molar refractivity (Wildman–Crippen MR) is 182 cm³/mol. The molecule has 2 aromatic rings. The van der Waals surface area contributed by atoms with Crippen LogP contribution >= 0.6 is 0 Å². The lowest BCUT2D eigenvalue weighted by Crippen LogP contribution is -2.26. The summed E-state index contributed by atoms with van der Waals surface area (Å²) in [5, 5.41) is 0. The molecule has 0 saturated carbocycles. The second-order valence-corrected chi connectivity index (χ2v) is 13.4. The number of benzene rings is 2. The molecule has 2 aromatic carbocycles. The van der Waals surface area contributed by atoms with E-state index in [4.69, 9.17) is 4.74 Å². The molecule has 0 radical (unpaired) electrons. The Morgan fingerprint density at radius 2 is 0.878 bits per heavy atom. The van der Waals surface area contributed by atoms with Gasteiger partial charge in [-0.1, -0.05) is 148 Å². The summed E-state index contributed by atoms with van der Waals surface area (Å²) in [4.78, 5) is 0. The number of hydrogen-bond donors (Lipinski definition) is 0. The van der Waals surface area contributed by atoms with E-state index in [0.29, 0.717) is 0 Å². The zero-order valence-corrected chi connectivity index (χ0v) is 28.1. The van der Waals surface area contributed by atoms with Crippen LogP contribution in [-0.4, -0.2) is 6.61 Å². The van der Waals surface area contributed by atoms with Gasteiger partial charge in [-0.3, -0.25) is 0 Å². The minimum atomic E-state index is 0.154. The van der Waals surface area contributed by atoms with Crippen LogP contribution in [0.1, 0.15) is 177 Å². The van der Waals surface area contributed by atoms with Crippen LogP contribution in [0.2, 0.25) is 0 Å². The Labute approximate surface area is 255 Å². The maximum absolute atomic E-state index is 6.48. The van der Waals surface area contributed by atoms with Gasteiger partial charge in [-0.2, -0.15) is 0 Å². The van der Waals surface area contributed by atoms with Crippen molar-refractivity contribution in [1.82, 2.24) is 0 Å². The first kappa shape index (κ1) is 33.7. The first-order valence-corrected chi connectivity index (χ1v) is 17.9. The highest BCUT2D eigenvalue weighted by Gasteiger charge is 2.43. The van der Waals surface area contributed by atoms with Crippen LogP contribution in [0.25, 0.3) is 11.1 Å². The molecule has 230 valence electrons. The standard InChI is InChI=1S/C40H64O/c1-7-10-13-16-19-22-25-40(26-23-20-17-14-11-8-2)37-29-33(5)32(4)28-35(37)36-31-39(34(6)30-38(36)40)41-27-24-21-18-15-12-9-3/h28-31H,7-27H2,1-6H3. The van der Waals surface area contributed by atoms with Gasteiger partial charge in [0, 0.05) is 5.41 Å². The largest absolute Gasteiger partial charge is 0.493 e. The Morgan fingerprint density at radius 1 is 0.463 bits per heavy atom. The van der Waals surface area contributed by atoms with Crippen LogP contribution in [0.15, 0.2) is 24.3 Å². The Morgan fingerprint density at radius 3 is 1.41 bits per heavy atom. The lowest BCUT2D eigenvalue weighted by Gasteiger charge is -2.33. The fourth-order valence-electron chi connectivity index (χ4n) is 7.18. The van der Waals surface area contributed by atoms with Crippen molar-refractivity contribution in [3.05, 3.63) is 52.1 Å². The van der Waals surface area contributed by atoms with Gasteiger partial charge in [0.25, 0.3) is 0 Å². The molecule has 0 atom stereocenters. The molecular formula is C40H64O. The summed E-state index contributed by atoms with van der Waals surface area (Å²) in [6.45, 7) is 14.7. The zero-order chi connectivity index (χ0) is 29.5. The fourth-order valence-corrected chi connectivity index (χ4v) is 7.18. The number of hydrogen-bond acceptors (Lipinski definition) is 1. The Balaban J connectivity index is 1.87. The summed E-state index contributed by atoms with van der Waals surface area (Å²) < 4.78 is 6.48. The van der Waals surface area contributed by atoms with Crippen LogP contribution in [-0.2, 0) is 5.41 Å². The second kappa shape index (κ2) is 18.0. The molecule has 0 N–H and O–H groups in total. The molecule has 1 heteroatoms. The Kier molecular flexibility index (Phi) is 14.8. The zero-order valence-electron chi connectivity index (χ0n) is 28.1. The average molecular weight is 561 g/mol. The van der Waals surface area contributed by atoms with Crippen molar-refractivity contribution in [1.29, 1.82) is 0 Å². The summed E-state index contributed by atoms with van der Waals surface area (Å²) in [5.74, 6) is 1.11. The minimum absolute atomic E-state index is 0.154. The van der Waals surface area contributed by atoms with E-state index in [-0.39, 0.29) is 5.41 Å². The van der Waals surface area contributed by atoms with E-state index in [1.807, 2.05) is 0 Å². The molecule has 0 amide bonds. The first-order valence-electron chi connectivity index (χ1n) is 17.9. The molecule has 0 unspecified atom stereocenters. The molecule has 1 aliphatic rings. The monoisotopic (exact) mass is 560 g/mol. The summed E-state index contributed by atoms with van der Waals surface area (Å²) in [7, 11) is 0. The maximum Gasteiger partial charge on any atom is 0.122 e. The van der Waals surface area contributed by atoms with E-state index < -0.39 is 0 Å². The minimum Gasteiger partial charge on any atom is -0.493 e. The number of aryl methyl sites for hydroxylation is 3. The summed E-state index contributed by atoms with van der Waals surface area (Å²) in [5.41, 5.74) is 10.5. The lowest BCUT2D eigenvalue weighted by atomic mass is 9.70. The van der Waals surface area contributed by atoms with Crippen LogP contribution < -0.4 is 4.74 Å². The molecule has 0 fully saturated rings. The highest BCUT2D eigenvalue weighted by molar-refractivity contribution is 5.83. The van der Waals surface area contributed by atoms with Crippen molar-refractivity contribution in [3.8, 4) is 16.9 Å². The number of fused-ring (bicyclic) bond motifs is 3. The molecule has 1 aliphatic carbocycles. The van der Waals surface area contributed by atoms with Crippen molar-refractivity contribution < 1.29 is 4.74 Å². The number of rotatable bonds is 22. The Bertz CT molecular complexity index is 1020. The van der Waals surface area contributed by atoms with Gasteiger partial charge in [0.15, 0.2) is 0 Å². The van der Waals surface area contributed by atoms with Gasteiger partial charge in [0.2, 0.25) is 0 Å². The number of unbranched alkanes of at least 4 members (excludes halogenated alkanes) is 15. The summed E-state index contributed by atoms with van der Waals surface area (Å²) in [6, 6.07) is 10.1. The fraction of sp³-hybridized carbons (Fsp3) is 0.700. The molecule has 0 bridgehead atoms. The van der Waals surface area contributed by atoms with Crippen LogP contribution in [0, 0.1) is 20.8 Å². The molecule has 1 nitrogen and oxygen atoms in total. The van der Waals surface area contributed by atoms with Gasteiger partial charge in [-0.25, -0.2) is 0 Å². The van der Waals surface area contributed by atoms with E-state index in [0.717, 1.165) is 18.8 Å². The lowest BCUT2D eigenvalue weighted by molar-refractivity contribution is 0.302. The van der Waals surface area contributed by atoms with E-state index in [1.54, 1.807) is 11.1 Å². The van der Waals surface area contributed by atoms with Gasteiger partial charge in [0.1, 0.15) is 5.75 Å². The van der Waals surface area contributed by atoms with Gasteiger partial charge in [-0.05, 0) is 85.0 Å². The molecule has 0 spiro atoms. The van der Waals surface area contributed by atoms with E-state index in [1.165, 1.54) is 150 Å². The van der Waals surface area contributed by atoms with Crippen molar-refractivity contribution in [2.75, 3.05) is 6.61 Å². The third-order valence-corrected chi connectivity index (χ3v) is 9.94. The van der Waals surface area contributed by atoms with Crippen molar-refractivity contribution in [3.63, 3.8) is 0 Å². The second-order valence-electron chi connectivity index (χ2n) is 13.4. The maximum atomic E-state index is 6.48. The average Bonchev–Trinajstić information content (AvgIpc) is 3.20. The smallest absolute Gasteiger partial charge is 0.122 e. The Hall–Kier alpha value is -1.76. The first-order chi connectivity index (χ1) is 20.0.